The van der Waals surface area contributed by atoms with Crippen molar-refractivity contribution in [1.29, 1.82) is 0 Å². The SMILES string of the molecule is COc1cccc(C(N)=S)c1NS(=O)(=O)c1ccccc1. The van der Waals surface area contributed by atoms with Crippen molar-refractivity contribution in [3.05, 3.63) is 54.1 Å². The fourth-order valence-electron chi connectivity index (χ4n) is 1.80. The molecule has 2 aromatic carbocycles. The average molecular weight is 322 g/mol. The van der Waals surface area contributed by atoms with E-state index in [1.165, 1.54) is 19.2 Å². The number of ether oxygens (including phenoxy) is 1. The predicted molar refractivity (Wildman–Crippen MR) is 86.1 cm³/mol. The molecule has 0 saturated heterocycles. The second-order valence-electron chi connectivity index (χ2n) is 4.17. The largest absolute Gasteiger partial charge is 0.495 e. The van der Waals surface area contributed by atoms with E-state index in [9.17, 15) is 8.42 Å². The summed E-state index contributed by atoms with van der Waals surface area (Å²) in [5, 5.41) is 0. The van der Waals surface area contributed by atoms with E-state index in [0.717, 1.165) is 0 Å². The molecule has 110 valence electrons. The molecule has 7 heteroatoms. The Morgan fingerprint density at radius 2 is 1.81 bits per heavy atom. The maximum absolute atomic E-state index is 12.4. The third-order valence-corrected chi connectivity index (χ3v) is 4.39. The molecule has 0 aromatic heterocycles. The van der Waals surface area contributed by atoms with Crippen LogP contribution in [0.5, 0.6) is 5.75 Å². The van der Waals surface area contributed by atoms with Crippen LogP contribution >= 0.6 is 12.2 Å². The van der Waals surface area contributed by atoms with Crippen LogP contribution in [-0.4, -0.2) is 20.5 Å². The number of anilines is 1. The van der Waals surface area contributed by atoms with Crippen LogP contribution in [0.2, 0.25) is 0 Å². The first-order valence-electron chi connectivity index (χ1n) is 6.00. The summed E-state index contributed by atoms with van der Waals surface area (Å²) in [6.45, 7) is 0. The van der Waals surface area contributed by atoms with Gasteiger partial charge in [-0.05, 0) is 24.3 Å². The third kappa shape index (κ3) is 3.32. The van der Waals surface area contributed by atoms with Crippen LogP contribution in [0.3, 0.4) is 0 Å². The Morgan fingerprint density at radius 1 is 1.14 bits per heavy atom. The minimum atomic E-state index is -3.75. The monoisotopic (exact) mass is 322 g/mol. The lowest BCUT2D eigenvalue weighted by Gasteiger charge is -2.15. The zero-order chi connectivity index (χ0) is 15.5. The van der Waals surface area contributed by atoms with Gasteiger partial charge in [0.25, 0.3) is 10.0 Å². The van der Waals surface area contributed by atoms with E-state index in [1.807, 2.05) is 0 Å². The minimum absolute atomic E-state index is 0.0830. The quantitative estimate of drug-likeness (QED) is 0.824. The predicted octanol–water partition coefficient (Wildman–Crippen LogP) is 2.13. The highest BCUT2D eigenvalue weighted by Gasteiger charge is 2.19. The second-order valence-corrected chi connectivity index (χ2v) is 6.29. The number of rotatable bonds is 5. The van der Waals surface area contributed by atoms with Gasteiger partial charge in [0.2, 0.25) is 0 Å². The van der Waals surface area contributed by atoms with Crippen LogP contribution in [0, 0.1) is 0 Å². The van der Waals surface area contributed by atoms with Crippen LogP contribution in [0.25, 0.3) is 0 Å². The smallest absolute Gasteiger partial charge is 0.262 e. The van der Waals surface area contributed by atoms with E-state index in [-0.39, 0.29) is 15.6 Å². The van der Waals surface area contributed by atoms with Gasteiger partial charge in [0.1, 0.15) is 16.4 Å². The first-order chi connectivity index (χ1) is 9.95. The zero-order valence-electron chi connectivity index (χ0n) is 11.2. The lowest BCUT2D eigenvalue weighted by atomic mass is 10.1. The first-order valence-corrected chi connectivity index (χ1v) is 7.89. The van der Waals surface area contributed by atoms with Gasteiger partial charge in [0.15, 0.2) is 0 Å². The van der Waals surface area contributed by atoms with E-state index in [2.05, 4.69) is 4.72 Å². The van der Waals surface area contributed by atoms with Gasteiger partial charge in [-0.3, -0.25) is 4.72 Å². The zero-order valence-corrected chi connectivity index (χ0v) is 12.9. The standard InChI is InChI=1S/C14H14N2O3S2/c1-19-12-9-5-8-11(14(15)20)13(12)16-21(17,18)10-6-3-2-4-7-10/h2-9,16H,1H3,(H2,15,20). The lowest BCUT2D eigenvalue weighted by Crippen LogP contribution is -2.18. The summed E-state index contributed by atoms with van der Waals surface area (Å²) in [7, 11) is -2.30. The molecule has 0 amide bonds. The molecule has 2 aromatic rings. The third-order valence-electron chi connectivity index (χ3n) is 2.80. The number of sulfonamides is 1. The van der Waals surface area contributed by atoms with Gasteiger partial charge in [-0.2, -0.15) is 0 Å². The van der Waals surface area contributed by atoms with Gasteiger partial charge < -0.3 is 10.5 Å². The molecule has 2 rings (SSSR count). The molecule has 0 unspecified atom stereocenters. The van der Waals surface area contributed by atoms with Crippen molar-refractivity contribution >= 4 is 32.9 Å². The second kappa shape index (κ2) is 6.11. The maximum Gasteiger partial charge on any atom is 0.262 e. The van der Waals surface area contributed by atoms with Crippen molar-refractivity contribution < 1.29 is 13.2 Å². The summed E-state index contributed by atoms with van der Waals surface area (Å²) >= 11 is 4.95. The molecule has 0 heterocycles. The summed E-state index contributed by atoms with van der Waals surface area (Å²) in [5.41, 5.74) is 6.28. The molecule has 0 saturated carbocycles. The van der Waals surface area contributed by atoms with Gasteiger partial charge in [-0.1, -0.05) is 36.5 Å². The van der Waals surface area contributed by atoms with Gasteiger partial charge >= 0.3 is 0 Å². The topological polar surface area (TPSA) is 81.4 Å². The van der Waals surface area contributed by atoms with E-state index < -0.39 is 10.0 Å². The number of benzene rings is 2. The number of thiocarbonyl (C=S) groups is 1. The van der Waals surface area contributed by atoms with E-state index >= 15 is 0 Å². The number of methoxy groups -OCH3 is 1. The highest BCUT2D eigenvalue weighted by Crippen LogP contribution is 2.30. The fourth-order valence-corrected chi connectivity index (χ4v) is 3.09. The molecule has 0 spiro atoms. The highest BCUT2D eigenvalue weighted by molar-refractivity contribution is 7.92. The molecule has 0 atom stereocenters. The summed E-state index contributed by atoms with van der Waals surface area (Å²) < 4.78 is 32.4. The Morgan fingerprint density at radius 3 is 2.38 bits per heavy atom. The molecule has 0 aliphatic heterocycles. The Balaban J connectivity index is 2.51. The Kier molecular flexibility index (Phi) is 4.44. The Hall–Kier alpha value is -2.12. The molecule has 3 N–H and O–H groups in total. The number of hydrogen-bond acceptors (Lipinski definition) is 4. The van der Waals surface area contributed by atoms with Crippen LogP contribution in [-0.2, 0) is 10.0 Å². The molecule has 0 bridgehead atoms. The van der Waals surface area contributed by atoms with Crippen LogP contribution in [0.4, 0.5) is 5.69 Å². The molecule has 0 aliphatic carbocycles. The molecular formula is C14H14N2O3S2. The molecule has 21 heavy (non-hydrogen) atoms. The molecular weight excluding hydrogens is 308 g/mol. The summed E-state index contributed by atoms with van der Waals surface area (Å²) in [6.07, 6.45) is 0. The highest BCUT2D eigenvalue weighted by atomic mass is 32.2. The van der Waals surface area contributed by atoms with Gasteiger partial charge in [0, 0.05) is 5.56 Å². The minimum Gasteiger partial charge on any atom is -0.495 e. The van der Waals surface area contributed by atoms with E-state index in [1.54, 1.807) is 36.4 Å². The van der Waals surface area contributed by atoms with Crippen molar-refractivity contribution in [2.45, 2.75) is 4.90 Å². The van der Waals surface area contributed by atoms with E-state index in [0.29, 0.717) is 11.3 Å². The first kappa shape index (κ1) is 15.3. The van der Waals surface area contributed by atoms with Crippen molar-refractivity contribution in [1.82, 2.24) is 0 Å². The molecule has 0 aliphatic rings. The summed E-state index contributed by atoms with van der Waals surface area (Å²) in [4.78, 5) is 0.226. The Labute approximate surface area is 128 Å². The fraction of sp³-hybridized carbons (Fsp3) is 0.0714. The van der Waals surface area contributed by atoms with Crippen molar-refractivity contribution in [2.24, 2.45) is 5.73 Å². The molecule has 0 radical (unpaired) electrons. The number of nitrogens with two attached hydrogens (primary N) is 1. The van der Waals surface area contributed by atoms with E-state index in [4.69, 9.17) is 22.7 Å². The number of para-hydroxylation sites is 1. The lowest BCUT2D eigenvalue weighted by molar-refractivity contribution is 0.417. The molecule has 0 fully saturated rings. The number of hydrogen-bond donors (Lipinski definition) is 2. The van der Waals surface area contributed by atoms with Gasteiger partial charge in [-0.15, -0.1) is 0 Å². The maximum atomic E-state index is 12.4. The van der Waals surface area contributed by atoms with Gasteiger partial charge in [0.05, 0.1) is 12.0 Å². The van der Waals surface area contributed by atoms with Crippen molar-refractivity contribution in [3.63, 3.8) is 0 Å². The van der Waals surface area contributed by atoms with Crippen LogP contribution in [0.1, 0.15) is 5.56 Å². The van der Waals surface area contributed by atoms with Gasteiger partial charge in [-0.25, -0.2) is 8.42 Å². The number of nitrogens with one attached hydrogen (secondary N) is 1. The van der Waals surface area contributed by atoms with Crippen molar-refractivity contribution in [3.8, 4) is 5.75 Å². The Bertz CT molecular complexity index is 759. The van der Waals surface area contributed by atoms with Crippen molar-refractivity contribution in [2.75, 3.05) is 11.8 Å². The average Bonchev–Trinajstić information content (AvgIpc) is 2.47. The summed E-state index contributed by atoms with van der Waals surface area (Å²) in [5.74, 6) is 0.347. The summed E-state index contributed by atoms with van der Waals surface area (Å²) in [6, 6.07) is 13.0. The normalized spacial score (nSPS) is 10.9. The van der Waals surface area contributed by atoms with Crippen LogP contribution in [0.15, 0.2) is 53.4 Å². The van der Waals surface area contributed by atoms with Crippen LogP contribution < -0.4 is 15.2 Å². The molecule has 5 nitrogen and oxygen atoms in total.